The molecule has 0 bridgehead atoms. The minimum atomic E-state index is -3.47. The van der Waals surface area contributed by atoms with Crippen LogP contribution in [0.25, 0.3) is 0 Å². The van der Waals surface area contributed by atoms with Gasteiger partial charge in [0, 0.05) is 38.0 Å². The topological polar surface area (TPSA) is 97.8 Å². The van der Waals surface area contributed by atoms with Gasteiger partial charge in [0.25, 0.3) is 0 Å². The third-order valence-electron chi connectivity index (χ3n) is 3.85. The van der Waals surface area contributed by atoms with E-state index in [0.717, 1.165) is 11.8 Å². The summed E-state index contributed by atoms with van der Waals surface area (Å²) in [6.45, 7) is 0.233. The first-order valence-corrected chi connectivity index (χ1v) is 10.0. The fraction of sp³-hybridized carbons (Fsp3) is 0.333. The Balaban J connectivity index is 2.03. The molecule has 27 heavy (non-hydrogen) atoms. The van der Waals surface area contributed by atoms with Crippen LogP contribution in [0.4, 0.5) is 5.69 Å². The zero-order valence-corrected chi connectivity index (χ0v) is 16.3. The van der Waals surface area contributed by atoms with Crippen molar-refractivity contribution in [2.45, 2.75) is 13.0 Å². The summed E-state index contributed by atoms with van der Waals surface area (Å²) < 4.78 is 35.7. The number of nitrogens with one attached hydrogen (secondary N) is 1. The highest BCUT2D eigenvalue weighted by molar-refractivity contribution is 7.88. The van der Waals surface area contributed by atoms with Crippen LogP contribution in [0, 0.1) is 0 Å². The van der Waals surface area contributed by atoms with Gasteiger partial charge >= 0.3 is 0 Å². The Morgan fingerprint density at radius 2 is 1.85 bits per heavy atom. The number of amides is 1. The molecule has 0 aliphatic carbocycles. The lowest BCUT2D eigenvalue weighted by molar-refractivity contribution is -0.116. The van der Waals surface area contributed by atoms with Crippen molar-refractivity contribution in [2.75, 3.05) is 32.3 Å². The number of methoxy groups -OCH3 is 2. The van der Waals surface area contributed by atoms with Gasteiger partial charge in [0.1, 0.15) is 11.5 Å². The maximum Gasteiger partial charge on any atom is 0.225 e. The Labute approximate surface area is 159 Å². The van der Waals surface area contributed by atoms with Crippen molar-refractivity contribution >= 4 is 21.6 Å². The van der Waals surface area contributed by atoms with Gasteiger partial charge in [-0.05, 0) is 29.8 Å². The molecule has 1 heterocycles. The second-order valence-electron chi connectivity index (χ2n) is 5.82. The number of hydrogen-bond donors (Lipinski definition) is 1. The predicted molar refractivity (Wildman–Crippen MR) is 102 cm³/mol. The van der Waals surface area contributed by atoms with Gasteiger partial charge < -0.3 is 14.8 Å². The summed E-state index contributed by atoms with van der Waals surface area (Å²) in [5.41, 5.74) is 1.26. The largest absolute Gasteiger partial charge is 0.497 e. The quantitative estimate of drug-likeness (QED) is 0.699. The Kier molecular flexibility index (Phi) is 7.14. The number of pyridine rings is 1. The highest BCUT2D eigenvalue weighted by Gasteiger charge is 2.19. The van der Waals surface area contributed by atoms with E-state index in [4.69, 9.17) is 9.47 Å². The SMILES string of the molecule is COc1ccc(OC)c(NC(=O)CCN(Cc2ccncc2)S(C)(=O)=O)c1. The van der Waals surface area contributed by atoms with Crippen molar-refractivity contribution in [1.29, 1.82) is 0 Å². The van der Waals surface area contributed by atoms with Crippen LogP contribution in [-0.2, 0) is 21.4 Å². The van der Waals surface area contributed by atoms with Crippen LogP contribution in [0.1, 0.15) is 12.0 Å². The fourth-order valence-corrected chi connectivity index (χ4v) is 3.21. The number of carbonyl (C=O) groups is 1. The minimum Gasteiger partial charge on any atom is -0.497 e. The zero-order chi connectivity index (χ0) is 19.9. The molecule has 1 amide bonds. The molecule has 8 nitrogen and oxygen atoms in total. The van der Waals surface area contributed by atoms with E-state index in [1.165, 1.54) is 18.5 Å². The van der Waals surface area contributed by atoms with Crippen molar-refractivity contribution in [3.05, 3.63) is 48.3 Å². The summed E-state index contributed by atoms with van der Waals surface area (Å²) in [6, 6.07) is 8.51. The lowest BCUT2D eigenvalue weighted by Crippen LogP contribution is -2.32. The Bertz CT molecular complexity index is 872. The van der Waals surface area contributed by atoms with E-state index in [1.54, 1.807) is 42.7 Å². The molecule has 9 heteroatoms. The third-order valence-corrected chi connectivity index (χ3v) is 5.10. The molecular formula is C18H23N3O5S. The van der Waals surface area contributed by atoms with Crippen LogP contribution in [0.2, 0.25) is 0 Å². The Morgan fingerprint density at radius 1 is 1.15 bits per heavy atom. The fourth-order valence-electron chi connectivity index (χ4n) is 2.40. The molecule has 0 saturated heterocycles. The highest BCUT2D eigenvalue weighted by Crippen LogP contribution is 2.29. The van der Waals surface area contributed by atoms with Gasteiger partial charge in [-0.2, -0.15) is 4.31 Å². The van der Waals surface area contributed by atoms with Crippen molar-refractivity contribution < 1.29 is 22.7 Å². The van der Waals surface area contributed by atoms with Gasteiger partial charge in [0.2, 0.25) is 15.9 Å². The molecule has 1 aromatic carbocycles. The molecule has 0 aliphatic rings. The molecule has 0 unspecified atom stereocenters. The molecule has 0 fully saturated rings. The van der Waals surface area contributed by atoms with Gasteiger partial charge in [-0.1, -0.05) is 0 Å². The van der Waals surface area contributed by atoms with E-state index in [-0.39, 0.29) is 25.4 Å². The minimum absolute atomic E-state index is 0.00147. The normalized spacial score (nSPS) is 11.3. The van der Waals surface area contributed by atoms with Crippen LogP contribution in [-0.4, -0.2) is 50.6 Å². The number of ether oxygens (including phenoxy) is 2. The van der Waals surface area contributed by atoms with E-state index in [0.29, 0.717) is 17.2 Å². The molecule has 1 N–H and O–H groups in total. The number of hydrogen-bond acceptors (Lipinski definition) is 6. The zero-order valence-electron chi connectivity index (χ0n) is 15.5. The van der Waals surface area contributed by atoms with Gasteiger partial charge in [-0.25, -0.2) is 8.42 Å². The van der Waals surface area contributed by atoms with Crippen molar-refractivity contribution in [1.82, 2.24) is 9.29 Å². The average Bonchev–Trinajstić information content (AvgIpc) is 2.65. The standard InChI is InChI=1S/C18H23N3O5S/c1-25-15-4-5-17(26-2)16(12-15)20-18(22)8-11-21(27(3,23)24)13-14-6-9-19-10-7-14/h4-7,9-10,12H,8,11,13H2,1-3H3,(H,20,22). The van der Waals surface area contributed by atoms with E-state index in [2.05, 4.69) is 10.3 Å². The van der Waals surface area contributed by atoms with E-state index >= 15 is 0 Å². The summed E-state index contributed by atoms with van der Waals surface area (Å²) >= 11 is 0. The first-order chi connectivity index (χ1) is 12.8. The van der Waals surface area contributed by atoms with Gasteiger partial charge in [0.05, 0.1) is 26.2 Å². The van der Waals surface area contributed by atoms with Gasteiger partial charge in [0.15, 0.2) is 0 Å². The van der Waals surface area contributed by atoms with Gasteiger partial charge in [-0.15, -0.1) is 0 Å². The average molecular weight is 393 g/mol. The smallest absolute Gasteiger partial charge is 0.225 e. The summed E-state index contributed by atoms with van der Waals surface area (Å²) in [5.74, 6) is 0.729. The molecule has 2 rings (SSSR count). The highest BCUT2D eigenvalue weighted by atomic mass is 32.2. The molecular weight excluding hydrogens is 370 g/mol. The van der Waals surface area contributed by atoms with Crippen molar-refractivity contribution in [3.8, 4) is 11.5 Å². The molecule has 146 valence electrons. The van der Waals surface area contributed by atoms with Crippen LogP contribution in [0.5, 0.6) is 11.5 Å². The summed E-state index contributed by atoms with van der Waals surface area (Å²) in [5, 5.41) is 2.73. The molecule has 0 atom stereocenters. The maximum absolute atomic E-state index is 12.3. The van der Waals surface area contributed by atoms with Crippen LogP contribution < -0.4 is 14.8 Å². The van der Waals surface area contributed by atoms with E-state index in [1.807, 2.05) is 0 Å². The van der Waals surface area contributed by atoms with Crippen LogP contribution >= 0.6 is 0 Å². The van der Waals surface area contributed by atoms with E-state index < -0.39 is 10.0 Å². The second kappa shape index (κ2) is 9.33. The second-order valence-corrected chi connectivity index (χ2v) is 7.80. The van der Waals surface area contributed by atoms with Crippen molar-refractivity contribution in [2.24, 2.45) is 0 Å². The Hall–Kier alpha value is -2.65. The number of benzene rings is 1. The number of carbonyl (C=O) groups excluding carboxylic acids is 1. The van der Waals surface area contributed by atoms with E-state index in [9.17, 15) is 13.2 Å². The summed E-state index contributed by atoms with van der Waals surface area (Å²) in [7, 11) is -0.445. The Morgan fingerprint density at radius 3 is 2.44 bits per heavy atom. The molecule has 2 aromatic rings. The number of nitrogens with zero attached hydrogens (tertiary/aromatic N) is 2. The number of aromatic nitrogens is 1. The first kappa shape index (κ1) is 20.7. The number of rotatable bonds is 9. The maximum atomic E-state index is 12.3. The number of anilines is 1. The van der Waals surface area contributed by atoms with Crippen LogP contribution in [0.3, 0.4) is 0 Å². The molecule has 0 aliphatic heterocycles. The molecule has 0 radical (unpaired) electrons. The summed E-state index contributed by atoms with van der Waals surface area (Å²) in [6.07, 6.45) is 4.31. The lowest BCUT2D eigenvalue weighted by atomic mass is 10.2. The first-order valence-electron chi connectivity index (χ1n) is 8.19. The third kappa shape index (κ3) is 6.22. The van der Waals surface area contributed by atoms with Gasteiger partial charge in [-0.3, -0.25) is 9.78 Å². The molecule has 0 saturated carbocycles. The summed E-state index contributed by atoms with van der Waals surface area (Å²) in [4.78, 5) is 16.2. The lowest BCUT2D eigenvalue weighted by Gasteiger charge is -2.20. The molecule has 1 aromatic heterocycles. The van der Waals surface area contributed by atoms with Crippen molar-refractivity contribution in [3.63, 3.8) is 0 Å². The monoisotopic (exact) mass is 393 g/mol. The predicted octanol–water partition coefficient (Wildman–Crippen LogP) is 1.89. The van der Waals surface area contributed by atoms with Crippen LogP contribution in [0.15, 0.2) is 42.7 Å². The number of sulfonamides is 1. The molecule has 0 spiro atoms.